The Kier molecular flexibility index (Phi) is 2.50. The molecule has 0 saturated carbocycles. The summed E-state index contributed by atoms with van der Waals surface area (Å²) >= 11 is 1.78. The third kappa shape index (κ3) is 1.64. The molecule has 0 aliphatic carbocycles. The van der Waals surface area contributed by atoms with Gasteiger partial charge in [-0.15, -0.1) is 11.8 Å². The van der Waals surface area contributed by atoms with E-state index < -0.39 is 0 Å². The van der Waals surface area contributed by atoms with Crippen LogP contribution in [0.2, 0.25) is 0 Å². The second-order valence-corrected chi connectivity index (χ2v) is 5.03. The van der Waals surface area contributed by atoms with E-state index in [0.29, 0.717) is 11.7 Å². The van der Waals surface area contributed by atoms with Crippen LogP contribution in [0.15, 0.2) is 29.2 Å². The SMILES string of the molecule is C[C@@H]1CC(=O)N(C)c2ccccc2S1. The normalized spacial score (nSPS) is 21.7. The molecule has 1 aliphatic rings. The van der Waals surface area contributed by atoms with Gasteiger partial charge in [-0.2, -0.15) is 0 Å². The molecule has 2 nitrogen and oxygen atoms in total. The molecule has 1 aromatic carbocycles. The summed E-state index contributed by atoms with van der Waals surface area (Å²) in [7, 11) is 1.85. The molecule has 74 valence electrons. The molecule has 1 heterocycles. The lowest BCUT2D eigenvalue weighted by atomic mass is 10.2. The van der Waals surface area contributed by atoms with Crippen LogP contribution in [0.4, 0.5) is 5.69 Å². The molecule has 0 spiro atoms. The fourth-order valence-corrected chi connectivity index (χ4v) is 2.75. The van der Waals surface area contributed by atoms with Crippen molar-refractivity contribution in [1.82, 2.24) is 0 Å². The molecule has 1 aromatic rings. The van der Waals surface area contributed by atoms with Crippen molar-refractivity contribution in [3.8, 4) is 0 Å². The molecule has 3 heteroatoms. The van der Waals surface area contributed by atoms with Gasteiger partial charge < -0.3 is 4.90 Å². The number of thioether (sulfide) groups is 1. The van der Waals surface area contributed by atoms with Crippen molar-refractivity contribution >= 4 is 23.4 Å². The van der Waals surface area contributed by atoms with Gasteiger partial charge in [0.2, 0.25) is 5.91 Å². The molecule has 0 unspecified atom stereocenters. The molecule has 0 N–H and O–H groups in total. The minimum absolute atomic E-state index is 0.204. The average Bonchev–Trinajstić information content (AvgIpc) is 2.26. The number of carbonyl (C=O) groups is 1. The van der Waals surface area contributed by atoms with Gasteiger partial charge in [0.15, 0.2) is 0 Å². The average molecular weight is 207 g/mol. The second-order valence-electron chi connectivity index (χ2n) is 3.55. The van der Waals surface area contributed by atoms with Crippen LogP contribution in [-0.2, 0) is 4.79 Å². The maximum absolute atomic E-state index is 11.7. The number of nitrogens with zero attached hydrogens (tertiary/aromatic N) is 1. The molecular weight excluding hydrogens is 194 g/mol. The predicted molar refractivity (Wildman–Crippen MR) is 59.8 cm³/mol. The number of benzene rings is 1. The van der Waals surface area contributed by atoms with Crippen molar-refractivity contribution in [2.45, 2.75) is 23.5 Å². The number of fused-ring (bicyclic) bond motifs is 1. The Hall–Kier alpha value is -0.960. The molecule has 14 heavy (non-hydrogen) atoms. The number of rotatable bonds is 0. The minimum atomic E-state index is 0.204. The van der Waals surface area contributed by atoms with Crippen LogP contribution in [0.3, 0.4) is 0 Å². The van der Waals surface area contributed by atoms with Crippen LogP contribution in [0.5, 0.6) is 0 Å². The number of hydrogen-bond donors (Lipinski definition) is 0. The zero-order valence-corrected chi connectivity index (χ0v) is 9.17. The van der Waals surface area contributed by atoms with Gasteiger partial charge in [-0.1, -0.05) is 19.1 Å². The number of para-hydroxylation sites is 1. The quantitative estimate of drug-likeness (QED) is 0.651. The molecule has 2 rings (SSSR count). The van der Waals surface area contributed by atoms with Crippen molar-refractivity contribution in [2.75, 3.05) is 11.9 Å². The predicted octanol–water partition coefficient (Wildman–Crippen LogP) is 2.53. The highest BCUT2D eigenvalue weighted by Crippen LogP contribution is 2.36. The van der Waals surface area contributed by atoms with E-state index in [2.05, 4.69) is 13.0 Å². The summed E-state index contributed by atoms with van der Waals surface area (Å²) in [5.74, 6) is 0.204. The second kappa shape index (κ2) is 3.65. The third-order valence-corrected chi connectivity index (χ3v) is 3.56. The zero-order chi connectivity index (χ0) is 10.1. The fourth-order valence-electron chi connectivity index (χ4n) is 1.61. The number of amides is 1. The highest BCUT2D eigenvalue weighted by Gasteiger charge is 2.22. The van der Waals surface area contributed by atoms with Crippen LogP contribution in [0, 0.1) is 0 Å². The molecule has 0 bridgehead atoms. The smallest absolute Gasteiger partial charge is 0.227 e. The molecular formula is C11H13NOS. The topological polar surface area (TPSA) is 20.3 Å². The first kappa shape index (κ1) is 9.59. The summed E-state index contributed by atoms with van der Waals surface area (Å²) in [5, 5.41) is 0.369. The van der Waals surface area contributed by atoms with Gasteiger partial charge in [-0.25, -0.2) is 0 Å². The van der Waals surface area contributed by atoms with Crippen LogP contribution < -0.4 is 4.90 Å². The zero-order valence-electron chi connectivity index (χ0n) is 8.36. The van der Waals surface area contributed by atoms with Crippen LogP contribution in [0.1, 0.15) is 13.3 Å². The molecule has 0 saturated heterocycles. The van der Waals surface area contributed by atoms with Gasteiger partial charge in [0, 0.05) is 23.6 Å². The summed E-state index contributed by atoms with van der Waals surface area (Å²) in [4.78, 5) is 14.7. The molecule has 0 radical (unpaired) electrons. The summed E-state index contributed by atoms with van der Waals surface area (Å²) in [6.07, 6.45) is 0.621. The Bertz CT molecular complexity index is 364. The Morgan fingerprint density at radius 1 is 1.43 bits per heavy atom. The molecule has 0 aromatic heterocycles. The number of hydrogen-bond acceptors (Lipinski definition) is 2. The maximum Gasteiger partial charge on any atom is 0.227 e. The highest BCUT2D eigenvalue weighted by atomic mass is 32.2. The van der Waals surface area contributed by atoms with E-state index >= 15 is 0 Å². The molecule has 1 atom stereocenters. The van der Waals surface area contributed by atoms with Gasteiger partial charge >= 0.3 is 0 Å². The van der Waals surface area contributed by atoms with E-state index in [1.807, 2.05) is 25.2 Å². The molecule has 1 amide bonds. The van der Waals surface area contributed by atoms with Gasteiger partial charge in [-0.05, 0) is 12.1 Å². The summed E-state index contributed by atoms with van der Waals surface area (Å²) in [5.41, 5.74) is 1.03. The first-order valence-electron chi connectivity index (χ1n) is 4.70. The van der Waals surface area contributed by atoms with Crippen molar-refractivity contribution in [2.24, 2.45) is 0 Å². The lowest BCUT2D eigenvalue weighted by Crippen LogP contribution is -2.26. The van der Waals surface area contributed by atoms with E-state index in [1.54, 1.807) is 16.7 Å². The van der Waals surface area contributed by atoms with Crippen molar-refractivity contribution in [1.29, 1.82) is 0 Å². The van der Waals surface area contributed by atoms with E-state index in [-0.39, 0.29) is 5.91 Å². The van der Waals surface area contributed by atoms with Crippen molar-refractivity contribution in [3.63, 3.8) is 0 Å². The number of anilines is 1. The first-order valence-corrected chi connectivity index (χ1v) is 5.58. The van der Waals surface area contributed by atoms with Gasteiger partial charge in [0.1, 0.15) is 0 Å². The Morgan fingerprint density at radius 3 is 2.93 bits per heavy atom. The van der Waals surface area contributed by atoms with E-state index in [1.165, 1.54) is 4.90 Å². The van der Waals surface area contributed by atoms with Crippen LogP contribution in [0.25, 0.3) is 0 Å². The Balaban J connectivity index is 2.46. The monoisotopic (exact) mass is 207 g/mol. The van der Waals surface area contributed by atoms with E-state index in [0.717, 1.165) is 5.69 Å². The summed E-state index contributed by atoms with van der Waals surface area (Å²) in [6, 6.07) is 8.06. The Morgan fingerprint density at radius 2 is 2.14 bits per heavy atom. The van der Waals surface area contributed by atoms with E-state index in [9.17, 15) is 4.79 Å². The highest BCUT2D eigenvalue weighted by molar-refractivity contribution is 8.00. The largest absolute Gasteiger partial charge is 0.314 e. The van der Waals surface area contributed by atoms with Crippen LogP contribution >= 0.6 is 11.8 Å². The van der Waals surface area contributed by atoms with Crippen molar-refractivity contribution < 1.29 is 4.79 Å². The lowest BCUT2D eigenvalue weighted by molar-refractivity contribution is -0.118. The van der Waals surface area contributed by atoms with E-state index in [4.69, 9.17) is 0 Å². The molecule has 1 aliphatic heterocycles. The standard InChI is InChI=1S/C11H13NOS/c1-8-7-11(13)12(2)9-5-3-4-6-10(9)14-8/h3-6,8H,7H2,1-2H3/t8-/m1/s1. The third-order valence-electron chi connectivity index (χ3n) is 2.39. The van der Waals surface area contributed by atoms with Crippen molar-refractivity contribution in [3.05, 3.63) is 24.3 Å². The van der Waals surface area contributed by atoms with Gasteiger partial charge in [0.05, 0.1) is 5.69 Å². The Labute approximate surface area is 88.3 Å². The number of carbonyl (C=O) groups excluding carboxylic acids is 1. The molecule has 0 fully saturated rings. The minimum Gasteiger partial charge on any atom is -0.314 e. The van der Waals surface area contributed by atoms with Gasteiger partial charge in [0.25, 0.3) is 0 Å². The first-order chi connectivity index (χ1) is 6.68. The summed E-state index contributed by atoms with van der Waals surface area (Å²) in [6.45, 7) is 2.10. The maximum atomic E-state index is 11.7. The lowest BCUT2D eigenvalue weighted by Gasteiger charge is -2.16. The fraction of sp³-hybridized carbons (Fsp3) is 0.364. The summed E-state index contributed by atoms with van der Waals surface area (Å²) < 4.78 is 0. The van der Waals surface area contributed by atoms with Crippen LogP contribution in [-0.4, -0.2) is 18.2 Å². The van der Waals surface area contributed by atoms with Gasteiger partial charge in [-0.3, -0.25) is 4.79 Å².